The molecule has 1 aromatic rings. The molecule has 0 unspecified atom stereocenters. The van der Waals surface area contributed by atoms with Crippen LogP contribution in [0.5, 0.6) is 0 Å². The number of carbonyl (C=O) groups excluding carboxylic acids is 1. The molecule has 2 N–H and O–H groups in total. The number of hydrogen-bond donors (Lipinski definition) is 2. The number of hydrogen-bond acceptors (Lipinski definition) is 5. The second kappa shape index (κ2) is 10.0. The fourth-order valence-corrected chi connectivity index (χ4v) is 3.47. The van der Waals surface area contributed by atoms with Gasteiger partial charge in [-0.15, -0.1) is 11.8 Å². The van der Waals surface area contributed by atoms with Crippen molar-refractivity contribution in [2.45, 2.75) is 37.0 Å². The maximum Gasteiger partial charge on any atom is 0.240 e. The van der Waals surface area contributed by atoms with E-state index in [4.69, 9.17) is 4.74 Å². The first-order chi connectivity index (χ1) is 11.3. The van der Waals surface area contributed by atoms with Crippen LogP contribution in [0.2, 0.25) is 0 Å². The number of rotatable bonds is 10. The van der Waals surface area contributed by atoms with Crippen LogP contribution in [0, 0.1) is 5.92 Å². The first-order valence-electron chi connectivity index (χ1n) is 7.88. The molecule has 8 heteroatoms. The standard InChI is InChI=1S/C16H26N2O4S2/c1-5-22-10-6-9-17-24(20,21)13-7-8-15(23-4)14(11-13)18-16(19)12(2)3/h7-8,11-12,17H,5-6,9-10H2,1-4H3,(H,18,19). The van der Waals surface area contributed by atoms with Crippen LogP contribution in [-0.2, 0) is 19.6 Å². The number of anilines is 1. The van der Waals surface area contributed by atoms with Crippen LogP contribution < -0.4 is 10.0 Å². The SMILES string of the molecule is CCOCCCNS(=O)(=O)c1ccc(SC)c(NC(=O)C(C)C)c1. The van der Waals surface area contributed by atoms with Gasteiger partial charge in [0.2, 0.25) is 15.9 Å². The van der Waals surface area contributed by atoms with Crippen molar-refractivity contribution in [3.05, 3.63) is 18.2 Å². The molecule has 24 heavy (non-hydrogen) atoms. The van der Waals surface area contributed by atoms with Gasteiger partial charge in [0.15, 0.2) is 0 Å². The van der Waals surface area contributed by atoms with Crippen LogP contribution >= 0.6 is 11.8 Å². The zero-order valence-electron chi connectivity index (χ0n) is 14.6. The minimum Gasteiger partial charge on any atom is -0.382 e. The Morgan fingerprint density at radius 3 is 2.62 bits per heavy atom. The van der Waals surface area contributed by atoms with Crippen LogP contribution in [0.4, 0.5) is 5.69 Å². The van der Waals surface area contributed by atoms with Gasteiger partial charge in [-0.2, -0.15) is 0 Å². The van der Waals surface area contributed by atoms with Crippen molar-refractivity contribution in [3.63, 3.8) is 0 Å². The molecule has 0 aliphatic carbocycles. The Bertz CT molecular complexity index is 645. The van der Waals surface area contributed by atoms with E-state index >= 15 is 0 Å². The Morgan fingerprint density at radius 1 is 1.33 bits per heavy atom. The third kappa shape index (κ3) is 6.43. The summed E-state index contributed by atoms with van der Waals surface area (Å²) in [6, 6.07) is 4.74. The average molecular weight is 375 g/mol. The minimum absolute atomic E-state index is 0.135. The highest BCUT2D eigenvalue weighted by atomic mass is 32.2. The normalized spacial score (nSPS) is 11.7. The summed E-state index contributed by atoms with van der Waals surface area (Å²) in [6.07, 6.45) is 2.48. The third-order valence-corrected chi connectivity index (χ3v) is 5.48. The van der Waals surface area contributed by atoms with Crippen LogP contribution in [-0.4, -0.2) is 40.3 Å². The highest BCUT2D eigenvalue weighted by Crippen LogP contribution is 2.28. The van der Waals surface area contributed by atoms with Crippen molar-refractivity contribution in [3.8, 4) is 0 Å². The van der Waals surface area contributed by atoms with Crippen LogP contribution in [0.3, 0.4) is 0 Å². The first kappa shape index (κ1) is 21.0. The zero-order chi connectivity index (χ0) is 18.2. The van der Waals surface area contributed by atoms with E-state index in [1.165, 1.54) is 17.8 Å². The van der Waals surface area contributed by atoms with Crippen LogP contribution in [0.15, 0.2) is 28.0 Å². The van der Waals surface area contributed by atoms with E-state index in [0.717, 1.165) is 4.90 Å². The van der Waals surface area contributed by atoms with Gasteiger partial charge < -0.3 is 10.1 Å². The number of thioether (sulfide) groups is 1. The van der Waals surface area contributed by atoms with Gasteiger partial charge in [0.1, 0.15) is 0 Å². The van der Waals surface area contributed by atoms with Gasteiger partial charge in [-0.25, -0.2) is 13.1 Å². The fourth-order valence-electron chi connectivity index (χ4n) is 1.84. The molecule has 0 saturated heterocycles. The highest BCUT2D eigenvalue weighted by Gasteiger charge is 2.17. The molecule has 0 saturated carbocycles. The molecule has 0 bridgehead atoms. The maximum atomic E-state index is 12.4. The zero-order valence-corrected chi connectivity index (χ0v) is 16.2. The third-order valence-electron chi connectivity index (χ3n) is 3.23. The molecule has 1 rings (SSSR count). The molecule has 0 radical (unpaired) electrons. The van der Waals surface area contributed by atoms with E-state index in [9.17, 15) is 13.2 Å². The van der Waals surface area contributed by atoms with E-state index in [2.05, 4.69) is 10.0 Å². The van der Waals surface area contributed by atoms with Gasteiger partial charge in [-0.1, -0.05) is 13.8 Å². The Balaban J connectivity index is 2.89. The van der Waals surface area contributed by atoms with Crippen molar-refractivity contribution >= 4 is 33.4 Å². The Labute approximate surface area is 148 Å². The summed E-state index contributed by atoms with van der Waals surface area (Å²) >= 11 is 1.45. The number of sulfonamides is 1. The Kier molecular flexibility index (Phi) is 8.75. The summed E-state index contributed by atoms with van der Waals surface area (Å²) in [7, 11) is -3.62. The average Bonchev–Trinajstić information content (AvgIpc) is 2.54. The second-order valence-electron chi connectivity index (χ2n) is 5.45. The predicted molar refractivity (Wildman–Crippen MR) is 98.0 cm³/mol. The molecule has 0 fully saturated rings. The summed E-state index contributed by atoms with van der Waals surface area (Å²) in [5.41, 5.74) is 0.512. The van der Waals surface area contributed by atoms with Gasteiger partial charge in [0, 0.05) is 30.6 Å². The fraction of sp³-hybridized carbons (Fsp3) is 0.562. The molecule has 0 aliphatic rings. The van der Waals surface area contributed by atoms with Crippen molar-refractivity contribution < 1.29 is 17.9 Å². The molecule has 6 nitrogen and oxygen atoms in total. The predicted octanol–water partition coefficient (Wildman–Crippen LogP) is 2.71. The van der Waals surface area contributed by atoms with Crippen molar-refractivity contribution in [2.24, 2.45) is 5.92 Å². The summed E-state index contributed by atoms with van der Waals surface area (Å²) in [5.74, 6) is -0.332. The van der Waals surface area contributed by atoms with Gasteiger partial charge in [-0.05, 0) is 37.8 Å². The number of benzene rings is 1. The van der Waals surface area contributed by atoms with Gasteiger partial charge in [0.05, 0.1) is 10.6 Å². The van der Waals surface area contributed by atoms with Crippen molar-refractivity contribution in [1.29, 1.82) is 0 Å². The highest BCUT2D eigenvalue weighted by molar-refractivity contribution is 7.98. The lowest BCUT2D eigenvalue weighted by Crippen LogP contribution is -2.26. The lowest BCUT2D eigenvalue weighted by Gasteiger charge is -2.14. The monoisotopic (exact) mass is 374 g/mol. The van der Waals surface area contributed by atoms with E-state index in [-0.39, 0.29) is 16.7 Å². The smallest absolute Gasteiger partial charge is 0.240 e. The van der Waals surface area contributed by atoms with Crippen molar-refractivity contribution in [2.75, 3.05) is 31.3 Å². The molecule has 0 aliphatic heterocycles. The molecule has 136 valence electrons. The molecular formula is C16H26N2O4S2. The van der Waals surface area contributed by atoms with Crippen molar-refractivity contribution in [1.82, 2.24) is 4.72 Å². The van der Waals surface area contributed by atoms with E-state index in [0.29, 0.717) is 31.9 Å². The molecular weight excluding hydrogens is 348 g/mol. The molecule has 0 aromatic heterocycles. The Morgan fingerprint density at radius 2 is 2.04 bits per heavy atom. The topological polar surface area (TPSA) is 84.5 Å². The molecule has 0 atom stereocenters. The summed E-state index contributed by atoms with van der Waals surface area (Å²) < 4.78 is 32.5. The maximum absolute atomic E-state index is 12.4. The number of amides is 1. The quantitative estimate of drug-likeness (QED) is 0.486. The number of ether oxygens (including phenoxy) is 1. The Hall–Kier alpha value is -1.09. The van der Waals surface area contributed by atoms with Gasteiger partial charge in [-0.3, -0.25) is 4.79 Å². The number of nitrogens with one attached hydrogen (secondary N) is 2. The summed E-state index contributed by atoms with van der Waals surface area (Å²) in [6.45, 7) is 6.90. The van der Waals surface area contributed by atoms with E-state index in [1.54, 1.807) is 26.0 Å². The van der Waals surface area contributed by atoms with Gasteiger partial charge >= 0.3 is 0 Å². The van der Waals surface area contributed by atoms with E-state index < -0.39 is 10.0 Å². The molecule has 0 heterocycles. The molecule has 1 amide bonds. The second-order valence-corrected chi connectivity index (χ2v) is 8.07. The summed E-state index contributed by atoms with van der Waals surface area (Å²) in [4.78, 5) is 12.9. The van der Waals surface area contributed by atoms with Gasteiger partial charge in [0.25, 0.3) is 0 Å². The van der Waals surface area contributed by atoms with Crippen LogP contribution in [0.1, 0.15) is 27.2 Å². The largest absolute Gasteiger partial charge is 0.382 e. The lowest BCUT2D eigenvalue weighted by molar-refractivity contribution is -0.118. The number of carbonyl (C=O) groups is 1. The minimum atomic E-state index is -3.62. The molecule has 1 aromatic carbocycles. The van der Waals surface area contributed by atoms with Crippen LogP contribution in [0.25, 0.3) is 0 Å². The van der Waals surface area contributed by atoms with E-state index in [1.807, 2.05) is 13.2 Å². The molecule has 0 spiro atoms. The summed E-state index contributed by atoms with van der Waals surface area (Å²) in [5, 5.41) is 2.79. The lowest BCUT2D eigenvalue weighted by atomic mass is 10.2. The first-order valence-corrected chi connectivity index (χ1v) is 10.6.